The molecule has 166 valence electrons. The quantitative estimate of drug-likeness (QED) is 0.423. The molecule has 0 saturated heterocycles. The number of ether oxygens (including phenoxy) is 1. The van der Waals surface area contributed by atoms with Gasteiger partial charge in [-0.1, -0.05) is 74.0 Å². The van der Waals surface area contributed by atoms with Gasteiger partial charge in [0.2, 0.25) is 0 Å². The van der Waals surface area contributed by atoms with Crippen LogP contribution in [0.25, 0.3) is 0 Å². The summed E-state index contributed by atoms with van der Waals surface area (Å²) in [4.78, 5) is 2.34. The van der Waals surface area contributed by atoms with E-state index in [0.717, 1.165) is 18.8 Å². The molecule has 3 aromatic rings. The van der Waals surface area contributed by atoms with Crippen LogP contribution in [0, 0.1) is 6.92 Å². The topological polar surface area (TPSA) is 12.5 Å². The van der Waals surface area contributed by atoms with Gasteiger partial charge in [0, 0.05) is 24.8 Å². The molecule has 1 aliphatic carbocycles. The zero-order valence-corrected chi connectivity index (χ0v) is 20.0. The maximum Gasteiger partial charge on any atom is 0.120 e. The smallest absolute Gasteiger partial charge is 0.120 e. The van der Waals surface area contributed by atoms with Gasteiger partial charge in [-0.15, -0.1) is 0 Å². The summed E-state index contributed by atoms with van der Waals surface area (Å²) < 4.78 is 5.29. The minimum Gasteiger partial charge on any atom is -0.497 e. The third-order valence-corrected chi connectivity index (χ3v) is 5.55. The van der Waals surface area contributed by atoms with Crippen LogP contribution in [0.15, 0.2) is 72.8 Å². The molecule has 0 fully saturated rings. The van der Waals surface area contributed by atoms with Crippen LogP contribution in [-0.2, 0) is 19.4 Å². The first kappa shape index (κ1) is 24.5. The Kier molecular flexibility index (Phi) is 10.7. The molecule has 1 aliphatic rings. The summed E-state index contributed by atoms with van der Waals surface area (Å²) in [7, 11) is 1.70. The Bertz CT molecular complexity index is 860. The Morgan fingerprint density at radius 2 is 1.42 bits per heavy atom. The predicted molar refractivity (Wildman–Crippen MR) is 135 cm³/mol. The molecule has 0 bridgehead atoms. The van der Waals surface area contributed by atoms with Crippen LogP contribution in [0.2, 0.25) is 0 Å². The molecule has 0 amide bonds. The molecule has 2 heteroatoms. The van der Waals surface area contributed by atoms with E-state index >= 15 is 0 Å². The van der Waals surface area contributed by atoms with E-state index in [1.165, 1.54) is 42.5 Å². The summed E-state index contributed by atoms with van der Waals surface area (Å²) in [5.41, 5.74) is 6.98. The Labute approximate surface area is 189 Å². The number of nitrogens with zero attached hydrogens (tertiary/aromatic N) is 1. The second-order valence-corrected chi connectivity index (χ2v) is 7.68. The number of methoxy groups -OCH3 is 1. The standard InChI is InChI=1S/C17H21NO.C10H12.C2H6/c1-4-18(13-15-10-8-14(2)9-11-15)16-6-5-7-17(12-16)19-3;1-2-6-10-8-4-3-7-9(10)5-1;1-2/h5-12H,4,13H2,1-3H3;1-2,5-6H,3-4,7-8H2;1-2H3. The van der Waals surface area contributed by atoms with Crippen LogP contribution >= 0.6 is 0 Å². The first-order valence-corrected chi connectivity index (χ1v) is 11.7. The molecule has 0 N–H and O–H groups in total. The van der Waals surface area contributed by atoms with Gasteiger partial charge in [-0.2, -0.15) is 0 Å². The number of hydrogen-bond acceptors (Lipinski definition) is 2. The zero-order valence-electron chi connectivity index (χ0n) is 20.0. The lowest BCUT2D eigenvalue weighted by Crippen LogP contribution is -2.21. The van der Waals surface area contributed by atoms with Gasteiger partial charge in [0.15, 0.2) is 0 Å². The summed E-state index contributed by atoms with van der Waals surface area (Å²) in [6.45, 7) is 10.2. The fourth-order valence-electron chi connectivity index (χ4n) is 3.78. The molecule has 2 nitrogen and oxygen atoms in total. The highest BCUT2D eigenvalue weighted by Gasteiger charge is 2.07. The molecule has 0 unspecified atom stereocenters. The van der Waals surface area contributed by atoms with Gasteiger partial charge in [-0.05, 0) is 68.4 Å². The summed E-state index contributed by atoms with van der Waals surface area (Å²) in [5, 5.41) is 0. The maximum absolute atomic E-state index is 5.29. The first-order valence-electron chi connectivity index (χ1n) is 11.7. The molecule has 0 atom stereocenters. The highest BCUT2D eigenvalue weighted by molar-refractivity contribution is 5.51. The molecular weight excluding hydrogens is 378 g/mol. The molecule has 0 saturated carbocycles. The lowest BCUT2D eigenvalue weighted by atomic mass is 9.92. The zero-order chi connectivity index (χ0) is 22.5. The van der Waals surface area contributed by atoms with Gasteiger partial charge in [0.1, 0.15) is 5.75 Å². The van der Waals surface area contributed by atoms with Crippen molar-refractivity contribution in [3.8, 4) is 5.75 Å². The monoisotopic (exact) mass is 417 g/mol. The molecular formula is C29H39NO. The third kappa shape index (κ3) is 7.79. The lowest BCUT2D eigenvalue weighted by Gasteiger charge is -2.23. The lowest BCUT2D eigenvalue weighted by molar-refractivity contribution is 0.415. The summed E-state index contributed by atoms with van der Waals surface area (Å²) >= 11 is 0. The Morgan fingerprint density at radius 1 is 0.806 bits per heavy atom. The van der Waals surface area contributed by atoms with Crippen molar-refractivity contribution in [2.75, 3.05) is 18.6 Å². The van der Waals surface area contributed by atoms with E-state index in [4.69, 9.17) is 4.74 Å². The van der Waals surface area contributed by atoms with E-state index in [9.17, 15) is 0 Å². The fourth-order valence-corrected chi connectivity index (χ4v) is 3.78. The van der Waals surface area contributed by atoms with Gasteiger partial charge in [-0.25, -0.2) is 0 Å². The van der Waals surface area contributed by atoms with Gasteiger partial charge in [0.25, 0.3) is 0 Å². The molecule has 31 heavy (non-hydrogen) atoms. The van der Waals surface area contributed by atoms with Gasteiger partial charge in [-0.3, -0.25) is 0 Å². The van der Waals surface area contributed by atoms with Gasteiger partial charge >= 0.3 is 0 Å². The van der Waals surface area contributed by atoms with Crippen molar-refractivity contribution in [3.05, 3.63) is 95.1 Å². The minimum atomic E-state index is 0.903. The minimum absolute atomic E-state index is 0.903. The average Bonchev–Trinajstić information content (AvgIpc) is 2.85. The molecule has 0 spiro atoms. The molecule has 0 aliphatic heterocycles. The number of rotatable bonds is 5. The molecule has 3 aromatic carbocycles. The summed E-state index contributed by atoms with van der Waals surface area (Å²) in [5.74, 6) is 0.903. The normalized spacial score (nSPS) is 11.8. The second kappa shape index (κ2) is 13.5. The van der Waals surface area contributed by atoms with Crippen molar-refractivity contribution in [3.63, 3.8) is 0 Å². The SMILES string of the molecule is CC.CCN(Cc1ccc(C)cc1)c1cccc(OC)c1.c1ccc2c(c1)CCCC2. The molecule has 4 rings (SSSR count). The van der Waals surface area contributed by atoms with E-state index in [1.54, 1.807) is 18.2 Å². The van der Waals surface area contributed by atoms with Crippen LogP contribution in [0.3, 0.4) is 0 Å². The Balaban J connectivity index is 0.000000237. The summed E-state index contributed by atoms with van der Waals surface area (Å²) in [6.07, 6.45) is 5.38. The largest absolute Gasteiger partial charge is 0.497 e. The molecule has 0 radical (unpaired) electrons. The van der Waals surface area contributed by atoms with Gasteiger partial charge < -0.3 is 9.64 Å². The Morgan fingerprint density at radius 3 is 1.97 bits per heavy atom. The van der Waals surface area contributed by atoms with E-state index in [0.29, 0.717) is 0 Å². The Hall–Kier alpha value is -2.74. The van der Waals surface area contributed by atoms with Crippen LogP contribution in [-0.4, -0.2) is 13.7 Å². The first-order chi connectivity index (χ1) is 15.2. The van der Waals surface area contributed by atoms with Crippen LogP contribution in [0.1, 0.15) is 55.9 Å². The molecule has 0 heterocycles. The second-order valence-electron chi connectivity index (χ2n) is 7.68. The highest BCUT2D eigenvalue weighted by Crippen LogP contribution is 2.22. The fraction of sp³-hybridized carbons (Fsp3) is 0.379. The van der Waals surface area contributed by atoms with E-state index in [2.05, 4.69) is 79.4 Å². The highest BCUT2D eigenvalue weighted by atomic mass is 16.5. The third-order valence-electron chi connectivity index (χ3n) is 5.55. The number of benzene rings is 3. The van der Waals surface area contributed by atoms with Crippen molar-refractivity contribution in [2.45, 2.75) is 59.9 Å². The summed E-state index contributed by atoms with van der Waals surface area (Å²) in [6, 6.07) is 25.7. The maximum atomic E-state index is 5.29. The predicted octanol–water partition coefficient (Wildman–Crippen LogP) is 7.62. The van der Waals surface area contributed by atoms with E-state index in [1.807, 2.05) is 26.0 Å². The van der Waals surface area contributed by atoms with Gasteiger partial charge in [0.05, 0.1) is 7.11 Å². The van der Waals surface area contributed by atoms with Crippen LogP contribution in [0.4, 0.5) is 5.69 Å². The van der Waals surface area contributed by atoms with Crippen molar-refractivity contribution < 1.29 is 4.74 Å². The van der Waals surface area contributed by atoms with Crippen LogP contribution in [0.5, 0.6) is 5.75 Å². The molecule has 0 aromatic heterocycles. The van der Waals surface area contributed by atoms with Crippen LogP contribution < -0.4 is 9.64 Å². The van der Waals surface area contributed by atoms with E-state index < -0.39 is 0 Å². The van der Waals surface area contributed by atoms with Crippen molar-refractivity contribution in [1.29, 1.82) is 0 Å². The van der Waals surface area contributed by atoms with Crippen molar-refractivity contribution in [1.82, 2.24) is 0 Å². The number of hydrogen-bond donors (Lipinski definition) is 0. The average molecular weight is 418 g/mol. The van der Waals surface area contributed by atoms with E-state index in [-0.39, 0.29) is 0 Å². The van der Waals surface area contributed by atoms with Crippen molar-refractivity contribution in [2.24, 2.45) is 0 Å². The number of anilines is 1. The number of fused-ring (bicyclic) bond motifs is 1. The number of aryl methyl sites for hydroxylation is 3. The van der Waals surface area contributed by atoms with Crippen molar-refractivity contribution >= 4 is 5.69 Å².